The normalized spacial score (nSPS) is 24.1. The third kappa shape index (κ3) is 1.89. The van der Waals surface area contributed by atoms with E-state index in [-0.39, 0.29) is 5.91 Å². The third-order valence-electron chi connectivity index (χ3n) is 3.50. The number of fused-ring (bicyclic) bond motifs is 1. The summed E-state index contributed by atoms with van der Waals surface area (Å²) in [5.74, 6) is 0.178. The van der Waals surface area contributed by atoms with E-state index in [0.29, 0.717) is 12.6 Å². The van der Waals surface area contributed by atoms with Crippen LogP contribution in [-0.2, 0) is 4.79 Å². The Labute approximate surface area is 101 Å². The first-order chi connectivity index (χ1) is 8.36. The van der Waals surface area contributed by atoms with Gasteiger partial charge in [0, 0.05) is 12.6 Å². The van der Waals surface area contributed by atoms with Crippen molar-refractivity contribution in [2.75, 3.05) is 29.9 Å². The third-order valence-corrected chi connectivity index (χ3v) is 3.50. The van der Waals surface area contributed by atoms with Gasteiger partial charge in [-0.2, -0.15) is 0 Å². The minimum Gasteiger partial charge on any atom is -0.374 e. The first kappa shape index (κ1) is 10.6. The fraction of sp³-hybridized carbons (Fsp3) is 0.462. The van der Waals surface area contributed by atoms with Gasteiger partial charge in [-0.1, -0.05) is 12.1 Å². The van der Waals surface area contributed by atoms with Crippen LogP contribution in [0.2, 0.25) is 0 Å². The molecule has 0 aromatic heterocycles. The van der Waals surface area contributed by atoms with Crippen LogP contribution in [0.4, 0.5) is 11.4 Å². The number of para-hydroxylation sites is 2. The maximum Gasteiger partial charge on any atom is 0.246 e. The maximum atomic E-state index is 12.1. The molecule has 2 heterocycles. The number of amides is 1. The topological polar surface area (TPSA) is 44.4 Å². The van der Waals surface area contributed by atoms with Crippen molar-refractivity contribution in [1.82, 2.24) is 5.32 Å². The molecular weight excluding hydrogens is 214 g/mol. The predicted octanol–water partition coefficient (Wildman–Crippen LogP) is 1.20. The van der Waals surface area contributed by atoms with Crippen LogP contribution < -0.4 is 15.5 Å². The van der Waals surface area contributed by atoms with Crippen molar-refractivity contribution in [2.45, 2.75) is 18.9 Å². The van der Waals surface area contributed by atoms with Gasteiger partial charge in [-0.25, -0.2) is 0 Å². The summed E-state index contributed by atoms with van der Waals surface area (Å²) in [6, 6.07) is 8.35. The largest absolute Gasteiger partial charge is 0.374 e. The lowest BCUT2D eigenvalue weighted by Crippen LogP contribution is -2.52. The van der Waals surface area contributed by atoms with Gasteiger partial charge in [0.1, 0.15) is 0 Å². The van der Waals surface area contributed by atoms with Gasteiger partial charge >= 0.3 is 0 Å². The highest BCUT2D eigenvalue weighted by atomic mass is 16.2. The molecule has 0 radical (unpaired) electrons. The van der Waals surface area contributed by atoms with E-state index in [1.807, 2.05) is 29.2 Å². The van der Waals surface area contributed by atoms with Gasteiger partial charge in [-0.3, -0.25) is 4.79 Å². The van der Waals surface area contributed by atoms with E-state index < -0.39 is 0 Å². The summed E-state index contributed by atoms with van der Waals surface area (Å²) in [5, 5.41) is 6.54. The molecule has 2 aliphatic heterocycles. The number of carbonyl (C=O) groups excluding carboxylic acids is 1. The van der Waals surface area contributed by atoms with Crippen molar-refractivity contribution >= 4 is 17.3 Å². The Morgan fingerprint density at radius 2 is 2.18 bits per heavy atom. The second kappa shape index (κ2) is 4.37. The van der Waals surface area contributed by atoms with Gasteiger partial charge in [-0.15, -0.1) is 0 Å². The summed E-state index contributed by atoms with van der Waals surface area (Å²) < 4.78 is 0. The summed E-state index contributed by atoms with van der Waals surface area (Å²) >= 11 is 0. The maximum absolute atomic E-state index is 12.1. The van der Waals surface area contributed by atoms with Gasteiger partial charge in [-0.05, 0) is 31.5 Å². The lowest BCUT2D eigenvalue weighted by atomic mass is 10.0. The molecule has 0 saturated carbocycles. The molecule has 0 spiro atoms. The molecule has 0 bridgehead atoms. The SMILES string of the molecule is O=C1CNc2ccccc2N1C1CCCNC1. The van der Waals surface area contributed by atoms with Crippen LogP contribution in [0, 0.1) is 0 Å². The summed E-state index contributed by atoms with van der Waals surface area (Å²) in [6.45, 7) is 2.38. The summed E-state index contributed by atoms with van der Waals surface area (Å²) in [4.78, 5) is 14.1. The highest BCUT2D eigenvalue weighted by molar-refractivity contribution is 6.03. The van der Waals surface area contributed by atoms with E-state index in [9.17, 15) is 4.79 Å². The molecular formula is C13H17N3O. The Morgan fingerprint density at radius 3 is 3.00 bits per heavy atom. The van der Waals surface area contributed by atoms with Crippen LogP contribution in [0.3, 0.4) is 0 Å². The van der Waals surface area contributed by atoms with Gasteiger partial charge in [0.15, 0.2) is 0 Å². The summed E-state index contributed by atoms with van der Waals surface area (Å²) in [6.07, 6.45) is 2.23. The minimum atomic E-state index is 0.178. The van der Waals surface area contributed by atoms with Gasteiger partial charge < -0.3 is 15.5 Å². The van der Waals surface area contributed by atoms with E-state index in [4.69, 9.17) is 0 Å². The molecule has 1 aromatic rings. The van der Waals surface area contributed by atoms with Gasteiger partial charge in [0.2, 0.25) is 5.91 Å². The molecule has 4 nitrogen and oxygen atoms in total. The molecule has 0 aliphatic carbocycles. The van der Waals surface area contributed by atoms with Gasteiger partial charge in [0.05, 0.1) is 17.9 Å². The van der Waals surface area contributed by atoms with Crippen LogP contribution in [0.15, 0.2) is 24.3 Å². The molecule has 1 amide bonds. The van der Waals surface area contributed by atoms with E-state index in [1.165, 1.54) is 0 Å². The molecule has 17 heavy (non-hydrogen) atoms. The van der Waals surface area contributed by atoms with Crippen molar-refractivity contribution in [1.29, 1.82) is 0 Å². The fourth-order valence-corrected chi connectivity index (χ4v) is 2.68. The molecule has 1 atom stereocenters. The average Bonchev–Trinajstić information content (AvgIpc) is 2.39. The van der Waals surface area contributed by atoms with E-state index in [0.717, 1.165) is 37.3 Å². The Morgan fingerprint density at radius 1 is 1.29 bits per heavy atom. The van der Waals surface area contributed by atoms with Crippen molar-refractivity contribution in [3.8, 4) is 0 Å². The summed E-state index contributed by atoms with van der Waals surface area (Å²) in [5.41, 5.74) is 2.09. The Hall–Kier alpha value is -1.55. The second-order valence-corrected chi connectivity index (χ2v) is 4.63. The zero-order valence-electron chi connectivity index (χ0n) is 9.78. The number of hydrogen-bond acceptors (Lipinski definition) is 3. The first-order valence-electron chi connectivity index (χ1n) is 6.22. The summed E-state index contributed by atoms with van der Waals surface area (Å²) in [7, 11) is 0. The molecule has 3 rings (SSSR count). The number of hydrogen-bond donors (Lipinski definition) is 2. The van der Waals surface area contributed by atoms with Gasteiger partial charge in [0.25, 0.3) is 0 Å². The smallest absolute Gasteiger partial charge is 0.246 e. The number of benzene rings is 1. The second-order valence-electron chi connectivity index (χ2n) is 4.63. The molecule has 1 unspecified atom stereocenters. The Balaban J connectivity index is 1.94. The molecule has 2 aliphatic rings. The molecule has 1 saturated heterocycles. The van der Waals surface area contributed by atoms with Crippen molar-refractivity contribution < 1.29 is 4.79 Å². The highest BCUT2D eigenvalue weighted by Crippen LogP contribution is 2.31. The van der Waals surface area contributed by atoms with Crippen LogP contribution in [0.5, 0.6) is 0 Å². The number of nitrogens with zero attached hydrogens (tertiary/aromatic N) is 1. The molecule has 1 fully saturated rings. The van der Waals surface area contributed by atoms with E-state index >= 15 is 0 Å². The molecule has 2 N–H and O–H groups in total. The highest BCUT2D eigenvalue weighted by Gasteiger charge is 2.30. The molecule has 90 valence electrons. The minimum absolute atomic E-state index is 0.178. The van der Waals surface area contributed by atoms with E-state index in [1.54, 1.807) is 0 Å². The standard InChI is InChI=1S/C13H17N3O/c17-13-9-15-11-5-1-2-6-12(11)16(13)10-4-3-7-14-8-10/h1-2,5-6,10,14-15H,3-4,7-9H2. The fourth-order valence-electron chi connectivity index (χ4n) is 2.68. The number of rotatable bonds is 1. The Kier molecular flexibility index (Phi) is 2.73. The van der Waals surface area contributed by atoms with Crippen molar-refractivity contribution in [3.05, 3.63) is 24.3 Å². The van der Waals surface area contributed by atoms with Crippen LogP contribution >= 0.6 is 0 Å². The number of nitrogens with one attached hydrogen (secondary N) is 2. The van der Waals surface area contributed by atoms with Crippen LogP contribution in [-0.4, -0.2) is 31.6 Å². The zero-order chi connectivity index (χ0) is 11.7. The molecule has 4 heteroatoms. The number of piperidine rings is 1. The molecule has 1 aromatic carbocycles. The van der Waals surface area contributed by atoms with Crippen LogP contribution in [0.25, 0.3) is 0 Å². The number of carbonyl (C=O) groups is 1. The van der Waals surface area contributed by atoms with Crippen molar-refractivity contribution in [2.24, 2.45) is 0 Å². The first-order valence-corrected chi connectivity index (χ1v) is 6.22. The monoisotopic (exact) mass is 231 g/mol. The van der Waals surface area contributed by atoms with Crippen molar-refractivity contribution in [3.63, 3.8) is 0 Å². The zero-order valence-corrected chi connectivity index (χ0v) is 9.78. The Bertz CT molecular complexity index is 426. The lowest BCUT2D eigenvalue weighted by Gasteiger charge is -2.38. The quantitative estimate of drug-likeness (QED) is 0.763. The van der Waals surface area contributed by atoms with E-state index in [2.05, 4.69) is 10.6 Å². The lowest BCUT2D eigenvalue weighted by molar-refractivity contribution is -0.117. The predicted molar refractivity (Wildman–Crippen MR) is 68.3 cm³/mol. The van der Waals surface area contributed by atoms with Crippen LogP contribution in [0.1, 0.15) is 12.8 Å². The average molecular weight is 231 g/mol. The number of anilines is 2.